The molecule has 2 N–H and O–H groups in total. The van der Waals surface area contributed by atoms with E-state index in [1.54, 1.807) is 24.0 Å². The van der Waals surface area contributed by atoms with Gasteiger partial charge in [-0.3, -0.25) is 14.4 Å². The number of aromatic nitrogens is 1. The maximum atomic E-state index is 13.9. The molecule has 0 radical (unpaired) electrons. The summed E-state index contributed by atoms with van der Waals surface area (Å²) in [6.45, 7) is 2.90. The van der Waals surface area contributed by atoms with E-state index in [0.717, 1.165) is 0 Å². The molecule has 1 fully saturated rings. The molecular formula is C26H32N4O9. The predicted molar refractivity (Wildman–Crippen MR) is 137 cm³/mol. The highest BCUT2D eigenvalue weighted by Crippen LogP contribution is 2.38. The Hall–Kier alpha value is -4.42. The van der Waals surface area contributed by atoms with Crippen molar-refractivity contribution < 1.29 is 42.9 Å². The second-order valence-electron chi connectivity index (χ2n) is 8.64. The molecule has 2 aromatic rings. The number of piperazine rings is 1. The fourth-order valence-electron chi connectivity index (χ4n) is 4.55. The number of methoxy groups -OCH3 is 3. The van der Waals surface area contributed by atoms with Crippen molar-refractivity contribution in [2.75, 3.05) is 54.1 Å². The highest BCUT2D eigenvalue weighted by molar-refractivity contribution is 6.15. The lowest BCUT2D eigenvalue weighted by molar-refractivity contribution is -0.141. The molecule has 0 spiro atoms. The van der Waals surface area contributed by atoms with Gasteiger partial charge in [0.05, 0.1) is 45.1 Å². The number of rotatable bonds is 9. The van der Waals surface area contributed by atoms with Gasteiger partial charge in [0.15, 0.2) is 5.75 Å². The second kappa shape index (κ2) is 12.9. The molecule has 13 nitrogen and oxygen atoms in total. The van der Waals surface area contributed by atoms with Crippen LogP contribution in [-0.4, -0.2) is 98.7 Å². The summed E-state index contributed by atoms with van der Waals surface area (Å²) in [5, 5.41) is 0.125. The molecule has 1 saturated heterocycles. The molecule has 0 saturated carbocycles. The summed E-state index contributed by atoms with van der Waals surface area (Å²) in [6.07, 6.45) is -0.583. The minimum Gasteiger partial charge on any atom is -0.494 e. The molecule has 0 bridgehead atoms. The van der Waals surface area contributed by atoms with Crippen LogP contribution in [-0.2, 0) is 23.8 Å². The number of fused-ring (bicyclic) bond motifs is 1. The summed E-state index contributed by atoms with van der Waals surface area (Å²) >= 11 is 0. The summed E-state index contributed by atoms with van der Waals surface area (Å²) < 4.78 is 20.4. The van der Waals surface area contributed by atoms with Crippen molar-refractivity contribution in [3.8, 4) is 5.75 Å². The van der Waals surface area contributed by atoms with Crippen molar-refractivity contribution in [3.05, 3.63) is 35.0 Å². The standard InChI is InChI=1S/C26H32N4O9/c1-5-39-26(35)30-13-11-29(12-14-30)24(33)16(9-10-18(31)36-2)21-22(37-3)20(25(34)38-4)19-15(23(27)32)7-6-8-17(19)28-21/h6-8,16H,5,9-14H2,1-4H3,(H2,27,32). The Labute approximate surface area is 225 Å². The number of carbonyl (C=O) groups excluding carboxylic acids is 5. The van der Waals surface area contributed by atoms with E-state index in [-0.39, 0.29) is 85.0 Å². The normalized spacial score (nSPS) is 13.9. The number of benzene rings is 1. The zero-order chi connectivity index (χ0) is 28.7. The van der Waals surface area contributed by atoms with E-state index in [1.807, 2.05) is 0 Å². The molecule has 13 heteroatoms. The number of nitrogens with two attached hydrogens (primary N) is 1. The van der Waals surface area contributed by atoms with Crippen molar-refractivity contribution in [2.24, 2.45) is 5.73 Å². The molecular weight excluding hydrogens is 512 g/mol. The van der Waals surface area contributed by atoms with Crippen molar-refractivity contribution >= 4 is 40.7 Å². The molecule has 3 amide bonds. The largest absolute Gasteiger partial charge is 0.494 e. The number of ether oxygens (including phenoxy) is 4. The maximum absolute atomic E-state index is 13.9. The van der Waals surface area contributed by atoms with Crippen LogP contribution in [0.5, 0.6) is 5.75 Å². The van der Waals surface area contributed by atoms with Gasteiger partial charge in [0.2, 0.25) is 11.8 Å². The zero-order valence-corrected chi connectivity index (χ0v) is 22.4. The van der Waals surface area contributed by atoms with Gasteiger partial charge in [0, 0.05) is 43.5 Å². The summed E-state index contributed by atoms with van der Waals surface area (Å²) in [7, 11) is 3.71. The minimum absolute atomic E-state index is 0.00537. The number of nitrogens with zero attached hydrogens (tertiary/aromatic N) is 3. The van der Waals surface area contributed by atoms with Crippen LogP contribution >= 0.6 is 0 Å². The summed E-state index contributed by atoms with van der Waals surface area (Å²) in [6, 6.07) is 4.56. The lowest BCUT2D eigenvalue weighted by Crippen LogP contribution is -2.51. The third kappa shape index (κ3) is 6.19. The molecule has 1 aromatic carbocycles. The van der Waals surface area contributed by atoms with Crippen molar-refractivity contribution in [2.45, 2.75) is 25.7 Å². The zero-order valence-electron chi connectivity index (χ0n) is 22.4. The Bertz CT molecular complexity index is 1270. The van der Waals surface area contributed by atoms with Crippen LogP contribution in [0, 0.1) is 0 Å². The number of pyridine rings is 1. The smallest absolute Gasteiger partial charge is 0.409 e. The number of hydrogen-bond donors (Lipinski definition) is 1. The first-order valence-corrected chi connectivity index (χ1v) is 12.3. The average Bonchev–Trinajstić information content (AvgIpc) is 2.95. The Kier molecular flexibility index (Phi) is 9.63. The van der Waals surface area contributed by atoms with E-state index >= 15 is 0 Å². The summed E-state index contributed by atoms with van der Waals surface area (Å²) in [5.41, 5.74) is 5.78. The van der Waals surface area contributed by atoms with Gasteiger partial charge in [-0.15, -0.1) is 0 Å². The molecule has 2 heterocycles. The molecule has 0 aliphatic carbocycles. The van der Waals surface area contributed by atoms with Crippen molar-refractivity contribution in [3.63, 3.8) is 0 Å². The van der Waals surface area contributed by atoms with Gasteiger partial charge >= 0.3 is 18.0 Å². The van der Waals surface area contributed by atoms with Gasteiger partial charge in [-0.05, 0) is 25.5 Å². The summed E-state index contributed by atoms with van der Waals surface area (Å²) in [5.74, 6) is -3.63. The minimum atomic E-state index is -1.03. The van der Waals surface area contributed by atoms with Crippen molar-refractivity contribution in [1.29, 1.82) is 0 Å². The van der Waals surface area contributed by atoms with E-state index < -0.39 is 29.9 Å². The van der Waals surface area contributed by atoms with Gasteiger partial charge in [0.1, 0.15) is 5.56 Å². The summed E-state index contributed by atoms with van der Waals surface area (Å²) in [4.78, 5) is 70.9. The molecule has 39 heavy (non-hydrogen) atoms. The van der Waals surface area contributed by atoms with Gasteiger partial charge in [-0.1, -0.05) is 6.07 Å². The first kappa shape index (κ1) is 29.1. The highest BCUT2D eigenvalue weighted by Gasteiger charge is 2.36. The van der Waals surface area contributed by atoms with Gasteiger partial charge < -0.3 is 34.5 Å². The number of hydrogen-bond acceptors (Lipinski definition) is 10. The molecule has 3 rings (SSSR count). The molecule has 1 aromatic heterocycles. The highest BCUT2D eigenvalue weighted by atomic mass is 16.6. The monoisotopic (exact) mass is 544 g/mol. The average molecular weight is 545 g/mol. The van der Waals surface area contributed by atoms with Crippen LogP contribution in [0.4, 0.5) is 4.79 Å². The van der Waals surface area contributed by atoms with Crippen LogP contribution in [0.25, 0.3) is 10.9 Å². The van der Waals surface area contributed by atoms with Crippen LogP contribution in [0.1, 0.15) is 52.1 Å². The third-order valence-electron chi connectivity index (χ3n) is 6.46. The van der Waals surface area contributed by atoms with E-state index in [0.29, 0.717) is 0 Å². The Morgan fingerprint density at radius 2 is 1.67 bits per heavy atom. The third-order valence-corrected chi connectivity index (χ3v) is 6.46. The Morgan fingerprint density at radius 3 is 2.23 bits per heavy atom. The van der Waals surface area contributed by atoms with Crippen LogP contribution in [0.2, 0.25) is 0 Å². The van der Waals surface area contributed by atoms with Gasteiger partial charge in [0.25, 0.3) is 0 Å². The SMILES string of the molecule is CCOC(=O)N1CCN(C(=O)C(CCC(=O)OC)c2nc3cccc(C(N)=O)c3c(C(=O)OC)c2OC)CC1. The van der Waals surface area contributed by atoms with E-state index in [9.17, 15) is 24.0 Å². The molecule has 1 aliphatic heterocycles. The quantitative estimate of drug-likeness (QED) is 0.360. The van der Waals surface area contributed by atoms with Gasteiger partial charge in [-0.25, -0.2) is 14.6 Å². The fraction of sp³-hybridized carbons (Fsp3) is 0.462. The van der Waals surface area contributed by atoms with Crippen molar-refractivity contribution in [1.82, 2.24) is 14.8 Å². The second-order valence-corrected chi connectivity index (χ2v) is 8.64. The first-order chi connectivity index (χ1) is 18.7. The maximum Gasteiger partial charge on any atom is 0.409 e. The Balaban J connectivity index is 2.13. The fourth-order valence-corrected chi connectivity index (χ4v) is 4.55. The predicted octanol–water partition coefficient (Wildman–Crippen LogP) is 1.47. The van der Waals surface area contributed by atoms with E-state index in [4.69, 9.17) is 24.7 Å². The van der Waals surface area contributed by atoms with Crippen LogP contribution < -0.4 is 10.5 Å². The van der Waals surface area contributed by atoms with Crippen LogP contribution in [0.15, 0.2) is 18.2 Å². The molecule has 1 aliphatic rings. The number of carbonyl (C=O) groups is 5. The first-order valence-electron chi connectivity index (χ1n) is 12.3. The van der Waals surface area contributed by atoms with E-state index in [1.165, 1.54) is 32.3 Å². The lowest BCUT2D eigenvalue weighted by Gasteiger charge is -2.36. The number of amides is 3. The Morgan fingerprint density at radius 1 is 1.00 bits per heavy atom. The molecule has 1 atom stereocenters. The molecule has 210 valence electrons. The van der Waals surface area contributed by atoms with Crippen LogP contribution in [0.3, 0.4) is 0 Å². The number of esters is 2. The topological polar surface area (TPSA) is 168 Å². The molecule has 1 unspecified atom stereocenters. The van der Waals surface area contributed by atoms with E-state index in [2.05, 4.69) is 4.98 Å². The number of primary amides is 1. The lowest BCUT2D eigenvalue weighted by atomic mass is 9.91. The van der Waals surface area contributed by atoms with Gasteiger partial charge in [-0.2, -0.15) is 0 Å².